The molecule has 3 aliphatic heterocycles. The molecule has 2 bridgehead atoms. The maximum atomic E-state index is 14.5. The number of esters is 1. The molecular weight excluding hydrogens is 678 g/mol. The molecule has 1 unspecified atom stereocenters. The average molecular weight is 723 g/mol. The number of nitrogens with zero attached hydrogens (tertiary/aromatic N) is 3. The molecule has 2 aromatic rings. The summed E-state index contributed by atoms with van der Waals surface area (Å²) >= 11 is 3.70. The van der Waals surface area contributed by atoms with Crippen molar-refractivity contribution in [2.24, 2.45) is 11.8 Å². The van der Waals surface area contributed by atoms with E-state index in [1.807, 2.05) is 67.6 Å². The van der Waals surface area contributed by atoms with Crippen LogP contribution in [0.1, 0.15) is 43.4 Å². The average Bonchev–Trinajstić information content (AvgIpc) is 3.69. The van der Waals surface area contributed by atoms with Gasteiger partial charge in [0, 0.05) is 37.9 Å². The number of amides is 3. The number of ether oxygens (including phenoxy) is 2. The fourth-order valence-electron chi connectivity index (χ4n) is 7.51. The van der Waals surface area contributed by atoms with Gasteiger partial charge in [-0.2, -0.15) is 0 Å². The van der Waals surface area contributed by atoms with E-state index >= 15 is 0 Å². The predicted octanol–water partition coefficient (Wildman–Crippen LogP) is 4.04. The lowest BCUT2D eigenvalue weighted by atomic mass is 9.70. The predicted molar refractivity (Wildman–Crippen MR) is 183 cm³/mol. The Kier molecular flexibility index (Phi) is 11.2. The van der Waals surface area contributed by atoms with Gasteiger partial charge in [-0.1, -0.05) is 88.7 Å². The molecule has 3 saturated heterocycles. The number of halogens is 1. The van der Waals surface area contributed by atoms with Gasteiger partial charge < -0.3 is 29.3 Å². The molecule has 0 aliphatic carbocycles. The second kappa shape index (κ2) is 15.2. The smallest absolute Gasteiger partial charge is 0.313 e. The second-order valence-electron chi connectivity index (χ2n) is 12.8. The Labute approximate surface area is 290 Å². The monoisotopic (exact) mass is 721 g/mol. The van der Waals surface area contributed by atoms with Crippen LogP contribution in [0.5, 0.6) is 0 Å². The highest BCUT2D eigenvalue weighted by molar-refractivity contribution is 9.09. The van der Waals surface area contributed by atoms with E-state index in [2.05, 4.69) is 29.1 Å². The zero-order valence-electron chi connectivity index (χ0n) is 27.4. The summed E-state index contributed by atoms with van der Waals surface area (Å²) in [6, 6.07) is 17.1. The van der Waals surface area contributed by atoms with Crippen LogP contribution in [0.4, 0.5) is 0 Å². The molecule has 2 aromatic carbocycles. The van der Waals surface area contributed by atoms with Crippen molar-refractivity contribution in [3.63, 3.8) is 0 Å². The molecular formula is C37H44BrN3O7. The molecule has 3 heterocycles. The summed E-state index contributed by atoms with van der Waals surface area (Å²) < 4.78 is 12.9. The Bertz CT molecular complexity index is 1510. The highest BCUT2D eigenvalue weighted by atomic mass is 79.9. The lowest BCUT2D eigenvalue weighted by molar-refractivity contribution is -0.164. The first-order valence-corrected chi connectivity index (χ1v) is 17.3. The first-order chi connectivity index (χ1) is 23.1. The lowest BCUT2D eigenvalue weighted by Crippen LogP contribution is -2.56. The molecule has 3 fully saturated rings. The van der Waals surface area contributed by atoms with Crippen LogP contribution in [0.3, 0.4) is 0 Å². The van der Waals surface area contributed by atoms with Gasteiger partial charge in [0.1, 0.15) is 17.7 Å². The van der Waals surface area contributed by atoms with Gasteiger partial charge in [0.05, 0.1) is 30.6 Å². The maximum absolute atomic E-state index is 14.5. The number of allylic oxidation sites excluding steroid dienone is 1. The molecule has 48 heavy (non-hydrogen) atoms. The summed E-state index contributed by atoms with van der Waals surface area (Å²) in [5.41, 5.74) is 0.294. The summed E-state index contributed by atoms with van der Waals surface area (Å²) in [7, 11) is 1.68. The number of rotatable bonds is 15. The molecule has 5 rings (SSSR count). The number of alkyl halides is 1. The summed E-state index contributed by atoms with van der Waals surface area (Å²) in [5, 5.41) is 10.0. The van der Waals surface area contributed by atoms with Crippen LogP contribution < -0.4 is 0 Å². The third-order valence-corrected chi connectivity index (χ3v) is 10.7. The lowest BCUT2D eigenvalue weighted by Gasteiger charge is -2.37. The number of fused-ring (bicyclic) bond motifs is 1. The van der Waals surface area contributed by atoms with Crippen LogP contribution in [0, 0.1) is 11.8 Å². The molecule has 3 amide bonds. The van der Waals surface area contributed by atoms with Crippen LogP contribution in [-0.4, -0.2) is 98.9 Å². The topological polar surface area (TPSA) is 117 Å². The highest BCUT2D eigenvalue weighted by Gasteiger charge is 2.77. The molecule has 256 valence electrons. The molecule has 0 aromatic heterocycles. The van der Waals surface area contributed by atoms with E-state index in [1.54, 1.807) is 29.0 Å². The van der Waals surface area contributed by atoms with Gasteiger partial charge >= 0.3 is 5.97 Å². The number of carbonyl (C=O) groups excluding carboxylic acids is 4. The molecule has 1 N–H and O–H groups in total. The van der Waals surface area contributed by atoms with Crippen LogP contribution in [0.25, 0.3) is 0 Å². The van der Waals surface area contributed by atoms with E-state index in [0.717, 1.165) is 5.56 Å². The normalized spacial score (nSPS) is 26.8. The first kappa shape index (κ1) is 35.5. The van der Waals surface area contributed by atoms with E-state index in [4.69, 9.17) is 9.47 Å². The number of benzene rings is 2. The van der Waals surface area contributed by atoms with E-state index in [0.29, 0.717) is 18.4 Å². The molecule has 8 atom stereocenters. The molecule has 0 saturated carbocycles. The standard InChI is InChI=1S/C37H44BrN3O7/c1-5-7-18-28(43)39(4)24(3)31(26-16-12-9-13-17-26)47-36(46)29-30-34(44)41(20-21-42)33(37(30)22-27(38)32(29)48-37)35(45)40(19-6-2)23-25-14-10-8-11-15-25/h5-6,8-17,24,27,29-33,42H,1-2,7,18-23H2,3-4H3/t24-,27?,29-,30+,31+,32-,33-,37+/m0/s1. The number of likely N-dealkylation sites (tertiary alicyclic amines) is 1. The van der Waals surface area contributed by atoms with E-state index < -0.39 is 53.6 Å². The van der Waals surface area contributed by atoms with Gasteiger partial charge in [0.2, 0.25) is 17.7 Å². The van der Waals surface area contributed by atoms with Crippen molar-refractivity contribution in [3.8, 4) is 0 Å². The Hall–Kier alpha value is -3.80. The van der Waals surface area contributed by atoms with E-state index in [9.17, 15) is 24.3 Å². The number of hydrogen-bond donors (Lipinski definition) is 1. The van der Waals surface area contributed by atoms with Crippen molar-refractivity contribution in [1.82, 2.24) is 14.7 Å². The number of likely N-dealkylation sites (N-methyl/N-ethyl adjacent to an activating group) is 1. The third-order valence-electron chi connectivity index (χ3n) is 9.89. The molecule has 3 aliphatic rings. The Morgan fingerprint density at radius 1 is 1.12 bits per heavy atom. The van der Waals surface area contributed by atoms with Crippen molar-refractivity contribution in [2.45, 2.75) is 67.5 Å². The fraction of sp³-hybridized carbons (Fsp3) is 0.459. The van der Waals surface area contributed by atoms with Crippen LogP contribution >= 0.6 is 15.9 Å². The Balaban J connectivity index is 1.47. The third kappa shape index (κ3) is 6.60. The number of β-amino-alcohol motifs (C(OH)–C–C–N with tert-alkyl or cyclic N) is 1. The number of aliphatic hydroxyl groups excluding tert-OH is 1. The largest absolute Gasteiger partial charge is 0.455 e. The zero-order valence-corrected chi connectivity index (χ0v) is 29.0. The number of aliphatic hydroxyl groups is 1. The molecule has 1 spiro atoms. The van der Waals surface area contributed by atoms with Crippen LogP contribution in [0.2, 0.25) is 0 Å². The van der Waals surface area contributed by atoms with Crippen molar-refractivity contribution >= 4 is 39.6 Å². The van der Waals surface area contributed by atoms with E-state index in [-0.39, 0.29) is 49.3 Å². The number of hydrogen-bond acceptors (Lipinski definition) is 7. The van der Waals surface area contributed by atoms with Gasteiger partial charge in [-0.05, 0) is 30.9 Å². The van der Waals surface area contributed by atoms with Crippen LogP contribution in [-0.2, 0) is 35.2 Å². The molecule has 11 heteroatoms. The molecule has 10 nitrogen and oxygen atoms in total. The highest BCUT2D eigenvalue weighted by Crippen LogP contribution is 2.60. The van der Waals surface area contributed by atoms with Crippen molar-refractivity contribution < 1.29 is 33.8 Å². The molecule has 0 radical (unpaired) electrons. The van der Waals surface area contributed by atoms with Gasteiger partial charge in [-0.15, -0.1) is 13.2 Å². The minimum Gasteiger partial charge on any atom is -0.455 e. The minimum absolute atomic E-state index is 0.0925. The van der Waals surface area contributed by atoms with Crippen molar-refractivity contribution in [2.75, 3.05) is 26.7 Å². The van der Waals surface area contributed by atoms with Crippen molar-refractivity contribution in [1.29, 1.82) is 0 Å². The van der Waals surface area contributed by atoms with Gasteiger partial charge in [0.25, 0.3) is 0 Å². The Morgan fingerprint density at radius 2 is 1.79 bits per heavy atom. The van der Waals surface area contributed by atoms with Crippen LogP contribution in [0.15, 0.2) is 86.0 Å². The summed E-state index contributed by atoms with van der Waals surface area (Å²) in [6.45, 7) is 9.42. The Morgan fingerprint density at radius 3 is 2.42 bits per heavy atom. The first-order valence-electron chi connectivity index (χ1n) is 16.4. The van der Waals surface area contributed by atoms with Crippen molar-refractivity contribution in [3.05, 3.63) is 97.1 Å². The quantitative estimate of drug-likeness (QED) is 0.168. The fourth-order valence-corrected chi connectivity index (χ4v) is 8.46. The van der Waals surface area contributed by atoms with Gasteiger partial charge in [0.15, 0.2) is 0 Å². The summed E-state index contributed by atoms with van der Waals surface area (Å²) in [4.78, 5) is 60.4. The summed E-state index contributed by atoms with van der Waals surface area (Å²) in [6.07, 6.45) is 2.87. The summed E-state index contributed by atoms with van der Waals surface area (Å²) in [5.74, 6) is -3.53. The van der Waals surface area contributed by atoms with Gasteiger partial charge in [-0.3, -0.25) is 19.2 Å². The second-order valence-corrected chi connectivity index (χ2v) is 13.9. The SMILES string of the molecule is C=CCCC(=O)N(C)[C@@H](C)[C@@H](OC(=O)[C@@H]1[C@H]2O[C@@]3(CC2Br)[C@H](C(=O)N(CC=C)Cc2ccccc2)N(CCO)C(=O)[C@@H]13)c1ccccc1. The zero-order chi connectivity index (χ0) is 34.6. The van der Waals surface area contributed by atoms with E-state index in [1.165, 1.54) is 4.90 Å². The van der Waals surface area contributed by atoms with Gasteiger partial charge in [-0.25, -0.2) is 0 Å². The number of carbonyl (C=O) groups is 4. The maximum Gasteiger partial charge on any atom is 0.313 e. The minimum atomic E-state index is -1.31.